The van der Waals surface area contributed by atoms with Gasteiger partial charge in [-0.25, -0.2) is 0 Å². The monoisotopic (exact) mass is 348 g/mol. The highest BCUT2D eigenvalue weighted by Gasteiger charge is 2.08. The summed E-state index contributed by atoms with van der Waals surface area (Å²) in [6.45, 7) is 3.65. The zero-order valence-electron chi connectivity index (χ0n) is 12.1. The maximum atomic E-state index is 12.2. The summed E-state index contributed by atoms with van der Waals surface area (Å²) in [5, 5.41) is 6.40. The van der Waals surface area contributed by atoms with Crippen LogP contribution in [0.4, 0.5) is 5.69 Å². The molecule has 0 saturated carbocycles. The third-order valence-electron chi connectivity index (χ3n) is 3.03. The van der Waals surface area contributed by atoms with Crippen molar-refractivity contribution in [2.24, 2.45) is 0 Å². The Morgan fingerprint density at radius 1 is 1.13 bits per heavy atom. The van der Waals surface area contributed by atoms with Gasteiger partial charge in [0.25, 0.3) is 5.91 Å². The van der Waals surface area contributed by atoms with Crippen LogP contribution in [0, 0.1) is 0 Å². The van der Waals surface area contributed by atoms with Gasteiger partial charge >= 0.3 is 0 Å². The average Bonchev–Trinajstić information content (AvgIpc) is 2.54. The summed E-state index contributed by atoms with van der Waals surface area (Å²) in [6, 6.07) is 11.7. The number of hydrogen-bond donors (Lipinski definition) is 2. The maximum Gasteiger partial charge on any atom is 0.251 e. The minimum atomic E-state index is -0.337. The Hall–Kier alpha value is -2.30. The smallest absolute Gasteiger partial charge is 0.251 e. The van der Waals surface area contributed by atoms with Gasteiger partial charge in [-0.3, -0.25) is 9.59 Å². The molecule has 0 aliphatic rings. The average molecular weight is 349 g/mol. The Bertz CT molecular complexity index is 760. The lowest BCUT2D eigenvalue weighted by atomic mass is 10.1. The lowest BCUT2D eigenvalue weighted by molar-refractivity contribution is -0.111. The fraction of sp³-hybridized carbons (Fsp3) is 0.0588. The third kappa shape index (κ3) is 4.84. The topological polar surface area (TPSA) is 58.2 Å². The first-order valence-corrected chi connectivity index (χ1v) is 7.51. The van der Waals surface area contributed by atoms with E-state index < -0.39 is 0 Å². The van der Waals surface area contributed by atoms with Gasteiger partial charge in [-0.15, -0.1) is 0 Å². The number of carbonyl (C=O) groups excluding carboxylic acids is 2. The molecule has 118 valence electrons. The molecule has 2 amide bonds. The van der Waals surface area contributed by atoms with Gasteiger partial charge in [0, 0.05) is 27.8 Å². The summed E-state index contributed by atoms with van der Waals surface area (Å²) in [7, 11) is 0. The van der Waals surface area contributed by atoms with Crippen molar-refractivity contribution in [1.82, 2.24) is 5.32 Å². The molecule has 6 heteroatoms. The highest BCUT2D eigenvalue weighted by Crippen LogP contribution is 2.21. The highest BCUT2D eigenvalue weighted by molar-refractivity contribution is 6.35. The van der Waals surface area contributed by atoms with Gasteiger partial charge in [-0.05, 0) is 42.0 Å². The number of hydrogen-bond acceptors (Lipinski definition) is 2. The second-order valence-electron chi connectivity index (χ2n) is 4.69. The predicted molar refractivity (Wildman–Crippen MR) is 92.9 cm³/mol. The van der Waals surface area contributed by atoms with Crippen LogP contribution in [0.2, 0.25) is 10.0 Å². The van der Waals surface area contributed by atoms with E-state index in [0.717, 1.165) is 11.6 Å². The molecule has 4 nitrogen and oxygen atoms in total. The molecule has 0 radical (unpaired) electrons. The first-order chi connectivity index (χ1) is 11.0. The minimum absolute atomic E-state index is 0.272. The van der Waals surface area contributed by atoms with Crippen molar-refractivity contribution in [3.05, 3.63) is 76.3 Å². The molecule has 0 atom stereocenters. The van der Waals surface area contributed by atoms with Crippen molar-refractivity contribution < 1.29 is 9.59 Å². The predicted octanol–water partition coefficient (Wildman–Crippen LogP) is 4.05. The molecule has 0 fully saturated rings. The summed E-state index contributed by atoms with van der Waals surface area (Å²) in [6.07, 6.45) is 1.16. The standard InChI is InChI=1S/C17H14Cl2N2O2/c1-2-16(22)21-14-5-3-4-11(8-14)17(23)20-10-12-6-7-13(18)9-15(12)19/h2-9H,1,10H2,(H,20,23)(H,21,22). The number of anilines is 1. The summed E-state index contributed by atoms with van der Waals surface area (Å²) in [5.41, 5.74) is 1.71. The molecule has 2 rings (SSSR count). The minimum Gasteiger partial charge on any atom is -0.348 e. The van der Waals surface area contributed by atoms with Crippen LogP contribution in [0.5, 0.6) is 0 Å². The van der Waals surface area contributed by atoms with Crippen LogP contribution in [0.15, 0.2) is 55.1 Å². The van der Waals surface area contributed by atoms with Gasteiger partial charge in [0.2, 0.25) is 5.91 Å². The Morgan fingerprint density at radius 3 is 2.61 bits per heavy atom. The lowest BCUT2D eigenvalue weighted by Gasteiger charge is -2.09. The number of nitrogens with one attached hydrogen (secondary N) is 2. The van der Waals surface area contributed by atoms with E-state index in [9.17, 15) is 9.59 Å². The molecule has 0 aromatic heterocycles. The van der Waals surface area contributed by atoms with E-state index in [1.54, 1.807) is 42.5 Å². The van der Waals surface area contributed by atoms with E-state index in [4.69, 9.17) is 23.2 Å². The Balaban J connectivity index is 2.04. The molecule has 0 unspecified atom stereocenters. The van der Waals surface area contributed by atoms with Crippen LogP contribution >= 0.6 is 23.2 Å². The van der Waals surface area contributed by atoms with Gasteiger partial charge < -0.3 is 10.6 Å². The number of carbonyl (C=O) groups is 2. The summed E-state index contributed by atoms with van der Waals surface area (Å²) >= 11 is 11.9. The van der Waals surface area contributed by atoms with E-state index in [2.05, 4.69) is 17.2 Å². The molecule has 2 aromatic carbocycles. The van der Waals surface area contributed by atoms with E-state index in [1.807, 2.05) is 0 Å². The molecule has 0 aliphatic heterocycles. The summed E-state index contributed by atoms with van der Waals surface area (Å²) in [4.78, 5) is 23.5. The third-order valence-corrected chi connectivity index (χ3v) is 3.62. The molecule has 2 aromatic rings. The van der Waals surface area contributed by atoms with E-state index in [-0.39, 0.29) is 18.4 Å². The molecule has 0 spiro atoms. The highest BCUT2D eigenvalue weighted by atomic mass is 35.5. The van der Waals surface area contributed by atoms with Gasteiger partial charge in [0.15, 0.2) is 0 Å². The van der Waals surface area contributed by atoms with Gasteiger partial charge in [0.05, 0.1) is 0 Å². The van der Waals surface area contributed by atoms with Crippen LogP contribution in [0.3, 0.4) is 0 Å². The van der Waals surface area contributed by atoms with E-state index in [1.165, 1.54) is 0 Å². The molecule has 0 bridgehead atoms. The second-order valence-corrected chi connectivity index (χ2v) is 5.54. The van der Waals surface area contributed by atoms with Gasteiger partial charge in [0.1, 0.15) is 0 Å². The number of halogens is 2. The van der Waals surface area contributed by atoms with Crippen molar-refractivity contribution >= 4 is 40.7 Å². The zero-order chi connectivity index (χ0) is 16.8. The molecular weight excluding hydrogens is 335 g/mol. The van der Waals surface area contributed by atoms with Crippen LogP contribution in [-0.2, 0) is 11.3 Å². The van der Waals surface area contributed by atoms with Crippen LogP contribution in [0.25, 0.3) is 0 Å². The Labute approximate surface area is 144 Å². The lowest BCUT2D eigenvalue weighted by Crippen LogP contribution is -2.23. The number of amides is 2. The van der Waals surface area contributed by atoms with Crippen molar-refractivity contribution in [2.45, 2.75) is 6.54 Å². The van der Waals surface area contributed by atoms with Crippen LogP contribution in [0.1, 0.15) is 15.9 Å². The zero-order valence-corrected chi connectivity index (χ0v) is 13.6. The van der Waals surface area contributed by atoms with E-state index >= 15 is 0 Å². The van der Waals surface area contributed by atoms with Gasteiger partial charge in [-0.2, -0.15) is 0 Å². The van der Waals surface area contributed by atoms with E-state index in [0.29, 0.717) is 21.3 Å². The normalized spacial score (nSPS) is 10.0. The second kappa shape index (κ2) is 7.81. The largest absolute Gasteiger partial charge is 0.348 e. The first kappa shape index (κ1) is 17.1. The SMILES string of the molecule is C=CC(=O)Nc1cccc(C(=O)NCc2ccc(Cl)cc2Cl)c1. The van der Waals surface area contributed by atoms with Crippen LogP contribution in [-0.4, -0.2) is 11.8 Å². The van der Waals surface area contributed by atoms with Crippen molar-refractivity contribution in [3.63, 3.8) is 0 Å². The quantitative estimate of drug-likeness (QED) is 0.800. The molecular formula is C17H14Cl2N2O2. The van der Waals surface area contributed by atoms with Crippen molar-refractivity contribution in [1.29, 1.82) is 0 Å². The fourth-order valence-corrected chi connectivity index (χ4v) is 2.35. The number of benzene rings is 2. The van der Waals surface area contributed by atoms with Crippen LogP contribution < -0.4 is 10.6 Å². The molecule has 2 N–H and O–H groups in total. The number of rotatable bonds is 5. The molecule has 23 heavy (non-hydrogen) atoms. The molecule has 0 saturated heterocycles. The summed E-state index contributed by atoms with van der Waals surface area (Å²) < 4.78 is 0. The molecule has 0 aliphatic carbocycles. The Kier molecular flexibility index (Phi) is 5.79. The maximum absolute atomic E-state index is 12.2. The Morgan fingerprint density at radius 2 is 1.91 bits per heavy atom. The van der Waals surface area contributed by atoms with Crippen molar-refractivity contribution in [2.75, 3.05) is 5.32 Å². The first-order valence-electron chi connectivity index (χ1n) is 6.75. The van der Waals surface area contributed by atoms with Crippen molar-refractivity contribution in [3.8, 4) is 0 Å². The van der Waals surface area contributed by atoms with Gasteiger partial charge in [-0.1, -0.05) is 41.9 Å². The molecule has 0 heterocycles. The summed E-state index contributed by atoms with van der Waals surface area (Å²) in [5.74, 6) is -0.610. The fourth-order valence-electron chi connectivity index (χ4n) is 1.87.